The summed E-state index contributed by atoms with van der Waals surface area (Å²) in [5.41, 5.74) is 0.322. The van der Waals surface area contributed by atoms with Gasteiger partial charge in [0.25, 0.3) is 5.91 Å². The van der Waals surface area contributed by atoms with Crippen LogP contribution in [0.5, 0.6) is 0 Å². The fourth-order valence-electron chi connectivity index (χ4n) is 3.85. The van der Waals surface area contributed by atoms with Crippen LogP contribution in [0.1, 0.15) is 44.2 Å². The van der Waals surface area contributed by atoms with Crippen LogP contribution in [0, 0.1) is 0 Å². The number of rotatable bonds is 4. The van der Waals surface area contributed by atoms with Gasteiger partial charge in [-0.2, -0.15) is 5.10 Å². The maximum atomic E-state index is 13.4. The molecule has 3 aromatic rings. The average molecular weight is 546 g/mol. The molecule has 8 nitrogen and oxygen atoms in total. The predicted molar refractivity (Wildman–Crippen MR) is 130 cm³/mol. The molecule has 0 saturated heterocycles. The molecule has 37 heavy (non-hydrogen) atoms. The largest absolute Gasteiger partial charge is 0.444 e. The standard InChI is InChI=1S/C23H24F5N5O3S/c1-14-13-32(16-5-7-17(8-6-16)37(24,25,26,27)28)21(34)20-18(12-30-33(14)20)15-9-10-29-19(11-15)31-22(35)36-23(2,3)4/h5-12,14H,13H2,1-4H3,(H,29,31,35)/t14-/m0/s1. The van der Waals surface area contributed by atoms with E-state index in [4.69, 9.17) is 4.74 Å². The molecule has 0 radical (unpaired) electrons. The van der Waals surface area contributed by atoms with E-state index in [-0.39, 0.29) is 41.9 Å². The lowest BCUT2D eigenvalue weighted by atomic mass is 10.0. The molecular formula is C23H24F5N5O3S. The molecule has 1 aliphatic heterocycles. The van der Waals surface area contributed by atoms with E-state index < -0.39 is 32.7 Å². The quantitative estimate of drug-likeness (QED) is 0.351. The van der Waals surface area contributed by atoms with Crippen LogP contribution in [0.2, 0.25) is 0 Å². The first-order chi connectivity index (χ1) is 16.8. The van der Waals surface area contributed by atoms with E-state index in [2.05, 4.69) is 15.4 Å². The van der Waals surface area contributed by atoms with E-state index in [1.54, 1.807) is 33.8 Å². The number of halogens is 5. The maximum Gasteiger partial charge on any atom is 0.413 e. The van der Waals surface area contributed by atoms with Crippen molar-refractivity contribution in [3.63, 3.8) is 0 Å². The molecule has 200 valence electrons. The van der Waals surface area contributed by atoms with Crippen molar-refractivity contribution in [2.24, 2.45) is 0 Å². The van der Waals surface area contributed by atoms with Gasteiger partial charge in [0, 0.05) is 24.0 Å². The number of amides is 2. The summed E-state index contributed by atoms with van der Waals surface area (Å²) in [7, 11) is -9.84. The number of nitrogens with zero attached hydrogens (tertiary/aromatic N) is 4. The molecule has 1 aliphatic rings. The minimum atomic E-state index is -9.84. The summed E-state index contributed by atoms with van der Waals surface area (Å²) in [4.78, 5) is 28.8. The van der Waals surface area contributed by atoms with E-state index in [0.717, 1.165) is 12.1 Å². The Morgan fingerprint density at radius 3 is 2.35 bits per heavy atom. The molecule has 3 heterocycles. The Kier molecular flexibility index (Phi) is 5.64. The predicted octanol–water partition coefficient (Wildman–Crippen LogP) is 7.17. The van der Waals surface area contributed by atoms with Crippen LogP contribution < -0.4 is 10.2 Å². The normalized spacial score (nSPS) is 18.0. The van der Waals surface area contributed by atoms with Gasteiger partial charge >= 0.3 is 16.3 Å². The molecule has 1 aromatic carbocycles. The van der Waals surface area contributed by atoms with Crippen molar-refractivity contribution >= 4 is 33.7 Å². The Morgan fingerprint density at radius 2 is 1.76 bits per heavy atom. The molecule has 0 spiro atoms. The molecule has 1 N–H and O–H groups in total. The third kappa shape index (κ3) is 5.68. The Bertz CT molecular complexity index is 1390. The topological polar surface area (TPSA) is 89.3 Å². The lowest BCUT2D eigenvalue weighted by molar-refractivity contribution is 0.0635. The third-order valence-corrected chi connectivity index (χ3v) is 6.56. The summed E-state index contributed by atoms with van der Waals surface area (Å²) >= 11 is 0. The van der Waals surface area contributed by atoms with E-state index >= 15 is 0 Å². The van der Waals surface area contributed by atoms with Crippen LogP contribution in [0.15, 0.2) is 53.7 Å². The van der Waals surface area contributed by atoms with Crippen molar-refractivity contribution in [1.82, 2.24) is 14.8 Å². The van der Waals surface area contributed by atoms with Crippen molar-refractivity contribution in [3.8, 4) is 11.1 Å². The van der Waals surface area contributed by atoms with Gasteiger partial charge in [-0.15, -0.1) is 0 Å². The molecule has 2 amide bonds. The Hall–Kier alpha value is -3.68. The molecule has 0 aliphatic carbocycles. The van der Waals surface area contributed by atoms with Crippen LogP contribution in [-0.4, -0.2) is 38.9 Å². The summed E-state index contributed by atoms with van der Waals surface area (Å²) in [6.45, 7) is 6.93. The highest BCUT2D eigenvalue weighted by molar-refractivity contribution is 8.45. The fourth-order valence-corrected chi connectivity index (χ4v) is 4.50. The van der Waals surface area contributed by atoms with Crippen molar-refractivity contribution in [3.05, 3.63) is 54.5 Å². The molecule has 1 atom stereocenters. The molecule has 0 bridgehead atoms. The number of anilines is 2. The number of carbonyl (C=O) groups excluding carboxylic acids is 2. The van der Waals surface area contributed by atoms with E-state index in [9.17, 15) is 29.0 Å². The SMILES string of the molecule is C[C@H]1CN(c2ccc(S(F)(F)(F)(F)F)cc2)C(=O)c2c(-c3ccnc(NC(=O)OC(C)(C)C)c3)cnn21. The van der Waals surface area contributed by atoms with Gasteiger partial charge in [-0.05, 0) is 69.7 Å². The number of carbonyl (C=O) groups is 2. The Morgan fingerprint density at radius 1 is 1.11 bits per heavy atom. The summed E-state index contributed by atoms with van der Waals surface area (Å²) < 4.78 is 72.3. The first-order valence-electron chi connectivity index (χ1n) is 11.0. The summed E-state index contributed by atoms with van der Waals surface area (Å²) in [5.74, 6) is -0.421. The smallest absolute Gasteiger partial charge is 0.413 e. The number of pyridine rings is 1. The summed E-state index contributed by atoms with van der Waals surface area (Å²) in [5, 5.41) is 6.80. The van der Waals surface area contributed by atoms with Gasteiger partial charge in [0.05, 0.1) is 12.2 Å². The van der Waals surface area contributed by atoms with Gasteiger partial charge < -0.3 is 9.64 Å². The second kappa shape index (κ2) is 7.91. The minimum absolute atomic E-state index is 0.0304. The number of hydrogen-bond acceptors (Lipinski definition) is 5. The molecule has 2 aromatic heterocycles. The molecule has 14 heteroatoms. The van der Waals surface area contributed by atoms with Crippen LogP contribution in [0.4, 0.5) is 35.7 Å². The third-order valence-electron chi connectivity index (χ3n) is 5.40. The number of benzene rings is 1. The van der Waals surface area contributed by atoms with E-state index in [0.29, 0.717) is 11.1 Å². The number of hydrogen-bond donors (Lipinski definition) is 1. The van der Waals surface area contributed by atoms with Crippen LogP contribution >= 0.6 is 10.2 Å². The first kappa shape index (κ1) is 26.4. The molecule has 0 fully saturated rings. The Labute approximate surface area is 209 Å². The highest BCUT2D eigenvalue weighted by Gasteiger charge is 2.65. The van der Waals surface area contributed by atoms with Gasteiger partial charge in [-0.25, -0.2) is 9.78 Å². The second-order valence-corrected chi connectivity index (χ2v) is 12.0. The van der Waals surface area contributed by atoms with E-state index in [1.807, 2.05) is 0 Å². The zero-order valence-electron chi connectivity index (χ0n) is 20.2. The zero-order chi connectivity index (χ0) is 27.5. The van der Waals surface area contributed by atoms with E-state index in [1.165, 1.54) is 28.0 Å². The van der Waals surface area contributed by atoms with Gasteiger partial charge in [0.2, 0.25) is 0 Å². The van der Waals surface area contributed by atoms with Crippen LogP contribution in [0.3, 0.4) is 0 Å². The monoisotopic (exact) mass is 545 g/mol. The summed E-state index contributed by atoms with van der Waals surface area (Å²) in [6.07, 6.45) is 2.15. The highest BCUT2D eigenvalue weighted by Crippen LogP contribution is 3.02. The number of ether oxygens (including phenoxy) is 1. The minimum Gasteiger partial charge on any atom is -0.444 e. The van der Waals surface area contributed by atoms with Crippen molar-refractivity contribution in [1.29, 1.82) is 0 Å². The van der Waals surface area contributed by atoms with Crippen molar-refractivity contribution < 1.29 is 33.8 Å². The second-order valence-electron chi connectivity index (χ2n) is 9.64. The number of aromatic nitrogens is 3. The van der Waals surface area contributed by atoms with Crippen LogP contribution in [-0.2, 0) is 4.74 Å². The van der Waals surface area contributed by atoms with Gasteiger partial charge in [-0.1, -0.05) is 19.4 Å². The lowest BCUT2D eigenvalue weighted by Gasteiger charge is -2.40. The van der Waals surface area contributed by atoms with Crippen molar-refractivity contribution in [2.75, 3.05) is 16.8 Å². The lowest BCUT2D eigenvalue weighted by Crippen LogP contribution is -2.42. The highest BCUT2D eigenvalue weighted by atomic mass is 32.5. The first-order valence-corrected chi connectivity index (χ1v) is 13.0. The van der Waals surface area contributed by atoms with Gasteiger partial charge in [-0.3, -0.25) is 14.8 Å². The van der Waals surface area contributed by atoms with Crippen molar-refractivity contribution in [2.45, 2.75) is 44.2 Å². The fraction of sp³-hybridized carbons (Fsp3) is 0.304. The molecule has 0 unspecified atom stereocenters. The maximum absolute atomic E-state index is 13.4. The summed E-state index contributed by atoms with van der Waals surface area (Å²) in [6, 6.07) is 4.98. The number of fused-ring (bicyclic) bond motifs is 1. The molecule has 0 saturated carbocycles. The van der Waals surface area contributed by atoms with Crippen LogP contribution in [0.25, 0.3) is 11.1 Å². The van der Waals surface area contributed by atoms with Gasteiger partial charge in [0.1, 0.15) is 22.0 Å². The number of nitrogens with one attached hydrogen (secondary N) is 1. The zero-order valence-corrected chi connectivity index (χ0v) is 21.0. The molecular weight excluding hydrogens is 521 g/mol. The average Bonchev–Trinajstić information content (AvgIpc) is 3.20. The Balaban J connectivity index is 1.66. The van der Waals surface area contributed by atoms with Gasteiger partial charge in [0.15, 0.2) is 0 Å². The molecule has 4 rings (SSSR count).